The molecule has 0 radical (unpaired) electrons. The van der Waals surface area contributed by atoms with Gasteiger partial charge in [0, 0.05) is 19.7 Å². The van der Waals surface area contributed by atoms with Gasteiger partial charge in [-0.3, -0.25) is 10.0 Å². The van der Waals surface area contributed by atoms with Crippen LogP contribution in [0.15, 0.2) is 35.2 Å². The fourth-order valence-corrected chi connectivity index (χ4v) is 4.81. The Bertz CT molecular complexity index is 808. The van der Waals surface area contributed by atoms with E-state index in [1.165, 1.54) is 12.1 Å². The van der Waals surface area contributed by atoms with Gasteiger partial charge in [-0.25, -0.2) is 13.9 Å². The third-order valence-electron chi connectivity index (χ3n) is 4.55. The Morgan fingerprint density at radius 3 is 2.88 bits per heavy atom. The molecule has 2 heterocycles. The minimum atomic E-state index is -3.94. The van der Waals surface area contributed by atoms with Gasteiger partial charge in [-0.05, 0) is 18.1 Å². The van der Waals surface area contributed by atoms with Crippen molar-refractivity contribution in [3.63, 3.8) is 0 Å². The highest BCUT2D eigenvalue weighted by Crippen LogP contribution is 2.35. The summed E-state index contributed by atoms with van der Waals surface area (Å²) in [5.74, 6) is -0.622. The standard InChI is InChI=1S/C16H21N3O5S/c1-11-4-3-7-19(15(11)16(20)17-21)25(22,23)12-5-6-13-14(10-12)24-9-8-18(13)2/h3-6,10-11,15,21H,7-9H2,1-2H3,(H,17,20). The molecule has 2 N–H and O–H groups in total. The molecule has 0 bridgehead atoms. The summed E-state index contributed by atoms with van der Waals surface area (Å²) < 4.78 is 32.9. The summed E-state index contributed by atoms with van der Waals surface area (Å²) in [7, 11) is -2.03. The fourth-order valence-electron chi connectivity index (χ4n) is 3.18. The van der Waals surface area contributed by atoms with E-state index in [0.717, 1.165) is 16.5 Å². The summed E-state index contributed by atoms with van der Waals surface area (Å²) in [6.45, 7) is 2.99. The number of hydrogen-bond acceptors (Lipinski definition) is 6. The summed E-state index contributed by atoms with van der Waals surface area (Å²) in [5, 5.41) is 8.98. The van der Waals surface area contributed by atoms with Crippen LogP contribution < -0.4 is 15.1 Å². The van der Waals surface area contributed by atoms with Gasteiger partial charge >= 0.3 is 0 Å². The first-order valence-corrected chi connectivity index (χ1v) is 9.40. The number of likely N-dealkylation sites (N-methyl/N-ethyl adjacent to an activating group) is 1. The number of amides is 1. The molecule has 0 fully saturated rings. The predicted molar refractivity (Wildman–Crippen MR) is 91.1 cm³/mol. The van der Waals surface area contributed by atoms with Crippen LogP contribution in [0.1, 0.15) is 6.92 Å². The maximum Gasteiger partial charge on any atom is 0.262 e. The summed E-state index contributed by atoms with van der Waals surface area (Å²) in [6.07, 6.45) is 3.46. The Hall–Kier alpha value is -2.10. The van der Waals surface area contributed by atoms with Gasteiger partial charge in [0.15, 0.2) is 0 Å². The lowest BCUT2D eigenvalue weighted by atomic mass is 9.98. The summed E-state index contributed by atoms with van der Waals surface area (Å²) >= 11 is 0. The molecule has 8 nitrogen and oxygen atoms in total. The van der Waals surface area contributed by atoms with Crippen LogP contribution in [-0.4, -0.2) is 56.6 Å². The molecule has 1 amide bonds. The zero-order chi connectivity index (χ0) is 18.2. The predicted octanol–water partition coefficient (Wildman–Crippen LogP) is 0.586. The lowest BCUT2D eigenvalue weighted by Gasteiger charge is -2.34. The number of benzene rings is 1. The van der Waals surface area contributed by atoms with E-state index < -0.39 is 22.0 Å². The highest BCUT2D eigenvalue weighted by Gasteiger charge is 2.40. The Morgan fingerprint density at radius 1 is 1.40 bits per heavy atom. The number of anilines is 1. The Balaban J connectivity index is 2.01. The normalized spacial score (nSPS) is 23.7. The van der Waals surface area contributed by atoms with Gasteiger partial charge in [-0.1, -0.05) is 19.1 Å². The van der Waals surface area contributed by atoms with E-state index in [4.69, 9.17) is 9.94 Å². The lowest BCUT2D eigenvalue weighted by molar-refractivity contribution is -0.134. The number of sulfonamides is 1. The van der Waals surface area contributed by atoms with E-state index in [1.807, 2.05) is 11.9 Å². The second-order valence-electron chi connectivity index (χ2n) is 6.18. The third kappa shape index (κ3) is 3.10. The molecule has 0 saturated heterocycles. The average Bonchev–Trinajstić information content (AvgIpc) is 2.60. The minimum absolute atomic E-state index is 0.0554. The fraction of sp³-hybridized carbons (Fsp3) is 0.438. The van der Waals surface area contributed by atoms with Crippen molar-refractivity contribution in [3.05, 3.63) is 30.4 Å². The van der Waals surface area contributed by atoms with Gasteiger partial charge in [0.05, 0.1) is 17.1 Å². The minimum Gasteiger partial charge on any atom is -0.490 e. The monoisotopic (exact) mass is 367 g/mol. The molecule has 0 saturated carbocycles. The van der Waals surface area contributed by atoms with Crippen LogP contribution in [0, 0.1) is 5.92 Å². The van der Waals surface area contributed by atoms with E-state index in [0.29, 0.717) is 12.4 Å². The van der Waals surface area contributed by atoms with Crippen molar-refractivity contribution in [3.8, 4) is 5.75 Å². The molecular formula is C16H21N3O5S. The summed E-state index contributed by atoms with van der Waals surface area (Å²) in [5.41, 5.74) is 2.39. The highest BCUT2D eigenvalue weighted by atomic mass is 32.2. The van der Waals surface area contributed by atoms with Crippen LogP contribution >= 0.6 is 0 Å². The van der Waals surface area contributed by atoms with Gasteiger partial charge in [0.25, 0.3) is 5.91 Å². The van der Waals surface area contributed by atoms with Gasteiger partial charge in [-0.2, -0.15) is 4.31 Å². The molecule has 1 aromatic rings. The number of nitrogens with zero attached hydrogens (tertiary/aromatic N) is 2. The summed E-state index contributed by atoms with van der Waals surface area (Å²) in [6, 6.07) is 3.68. The molecule has 25 heavy (non-hydrogen) atoms. The van der Waals surface area contributed by atoms with E-state index in [1.54, 1.807) is 30.6 Å². The second-order valence-corrected chi connectivity index (χ2v) is 8.07. The van der Waals surface area contributed by atoms with Crippen LogP contribution in [0.4, 0.5) is 5.69 Å². The van der Waals surface area contributed by atoms with Crippen molar-refractivity contribution in [2.24, 2.45) is 5.92 Å². The van der Waals surface area contributed by atoms with Gasteiger partial charge in [0.1, 0.15) is 18.4 Å². The average molecular weight is 367 g/mol. The first-order valence-electron chi connectivity index (χ1n) is 7.96. The van der Waals surface area contributed by atoms with Crippen molar-refractivity contribution in [2.45, 2.75) is 17.9 Å². The molecule has 2 aliphatic rings. The first-order chi connectivity index (χ1) is 11.9. The van der Waals surface area contributed by atoms with Crippen LogP contribution in [0.3, 0.4) is 0 Å². The molecule has 0 spiro atoms. The van der Waals surface area contributed by atoms with Crippen molar-refractivity contribution >= 4 is 21.6 Å². The third-order valence-corrected chi connectivity index (χ3v) is 6.39. The lowest BCUT2D eigenvalue weighted by Crippen LogP contribution is -2.53. The molecule has 0 aromatic heterocycles. The van der Waals surface area contributed by atoms with Gasteiger partial charge in [0.2, 0.25) is 10.0 Å². The van der Waals surface area contributed by atoms with Crippen molar-refractivity contribution in [2.75, 3.05) is 31.6 Å². The number of fused-ring (bicyclic) bond motifs is 1. The Morgan fingerprint density at radius 2 is 2.16 bits per heavy atom. The van der Waals surface area contributed by atoms with Crippen molar-refractivity contribution in [1.29, 1.82) is 0 Å². The topological polar surface area (TPSA) is 99.2 Å². The molecule has 0 aliphatic carbocycles. The van der Waals surface area contributed by atoms with E-state index >= 15 is 0 Å². The molecule has 9 heteroatoms. The number of carbonyl (C=O) groups is 1. The molecule has 3 rings (SSSR count). The molecule has 1 aromatic carbocycles. The highest BCUT2D eigenvalue weighted by molar-refractivity contribution is 7.89. The number of hydrogen-bond donors (Lipinski definition) is 2. The largest absolute Gasteiger partial charge is 0.490 e. The van der Waals surface area contributed by atoms with Crippen LogP contribution in [0.2, 0.25) is 0 Å². The maximum atomic E-state index is 13.1. The Kier molecular flexibility index (Phi) is 4.72. The number of nitrogens with one attached hydrogen (secondary N) is 1. The molecule has 2 aliphatic heterocycles. The molecule has 2 unspecified atom stereocenters. The zero-order valence-corrected chi connectivity index (χ0v) is 14.9. The molecular weight excluding hydrogens is 346 g/mol. The number of ether oxygens (including phenoxy) is 1. The number of carbonyl (C=O) groups excluding carboxylic acids is 1. The van der Waals surface area contributed by atoms with Crippen LogP contribution in [-0.2, 0) is 14.8 Å². The van der Waals surface area contributed by atoms with E-state index in [-0.39, 0.29) is 17.4 Å². The SMILES string of the molecule is CC1C=CCN(S(=O)(=O)c2ccc3c(c2)OCCN3C)C1C(=O)NO. The Labute approximate surface area is 146 Å². The number of hydroxylamine groups is 1. The smallest absolute Gasteiger partial charge is 0.262 e. The quantitative estimate of drug-likeness (QED) is 0.461. The first kappa shape index (κ1) is 17.7. The van der Waals surface area contributed by atoms with Gasteiger partial charge in [-0.15, -0.1) is 0 Å². The molecule has 136 valence electrons. The van der Waals surface area contributed by atoms with Crippen molar-refractivity contribution in [1.82, 2.24) is 9.79 Å². The van der Waals surface area contributed by atoms with Crippen LogP contribution in [0.25, 0.3) is 0 Å². The molecule has 2 atom stereocenters. The van der Waals surface area contributed by atoms with E-state index in [2.05, 4.69) is 0 Å². The van der Waals surface area contributed by atoms with Crippen LogP contribution in [0.5, 0.6) is 5.75 Å². The summed E-state index contributed by atoms with van der Waals surface area (Å²) in [4.78, 5) is 14.1. The zero-order valence-electron chi connectivity index (χ0n) is 14.0. The second kappa shape index (κ2) is 6.66. The van der Waals surface area contributed by atoms with Gasteiger partial charge < -0.3 is 9.64 Å². The van der Waals surface area contributed by atoms with E-state index in [9.17, 15) is 13.2 Å². The van der Waals surface area contributed by atoms with Crippen molar-refractivity contribution < 1.29 is 23.2 Å². The maximum absolute atomic E-state index is 13.1. The number of rotatable bonds is 3.